The van der Waals surface area contributed by atoms with E-state index in [-0.39, 0.29) is 16.9 Å². The van der Waals surface area contributed by atoms with Crippen molar-refractivity contribution >= 4 is 40.5 Å². The summed E-state index contributed by atoms with van der Waals surface area (Å²) in [7, 11) is 0. The summed E-state index contributed by atoms with van der Waals surface area (Å²) < 4.78 is 2.06. The molecule has 1 atom stereocenters. The van der Waals surface area contributed by atoms with E-state index in [1.807, 2.05) is 42.6 Å². The lowest BCUT2D eigenvalue weighted by atomic mass is 10.1. The highest BCUT2D eigenvalue weighted by Gasteiger charge is 2.22. The van der Waals surface area contributed by atoms with Gasteiger partial charge in [-0.3, -0.25) is 14.2 Å². The number of nitrogens with zero attached hydrogens (tertiary/aromatic N) is 3. The van der Waals surface area contributed by atoms with Gasteiger partial charge in [0.05, 0.1) is 16.7 Å². The zero-order valence-corrected chi connectivity index (χ0v) is 19.3. The molecule has 0 bridgehead atoms. The second-order valence-corrected chi connectivity index (χ2v) is 9.49. The number of ketones is 1. The van der Waals surface area contributed by atoms with Gasteiger partial charge in [0.2, 0.25) is 5.91 Å². The Morgan fingerprint density at radius 1 is 1.03 bits per heavy atom. The molecule has 6 nitrogen and oxygen atoms in total. The maximum absolute atomic E-state index is 13.0. The van der Waals surface area contributed by atoms with Crippen molar-refractivity contribution in [1.29, 1.82) is 0 Å². The van der Waals surface area contributed by atoms with Gasteiger partial charge in [0, 0.05) is 18.2 Å². The van der Waals surface area contributed by atoms with E-state index in [4.69, 9.17) is 0 Å². The predicted octanol–water partition coefficient (Wildman–Crippen LogP) is 5.38. The molecule has 0 saturated carbocycles. The summed E-state index contributed by atoms with van der Waals surface area (Å²) in [6, 6.07) is 21.1. The van der Waals surface area contributed by atoms with Gasteiger partial charge in [-0.25, -0.2) is 0 Å². The van der Waals surface area contributed by atoms with Crippen molar-refractivity contribution in [2.24, 2.45) is 0 Å². The zero-order valence-electron chi connectivity index (χ0n) is 17.7. The molecule has 1 N–H and O–H groups in total. The number of thioether (sulfide) groups is 1. The van der Waals surface area contributed by atoms with Crippen molar-refractivity contribution in [2.75, 3.05) is 5.32 Å². The van der Waals surface area contributed by atoms with Crippen LogP contribution in [0.4, 0.5) is 5.69 Å². The summed E-state index contributed by atoms with van der Waals surface area (Å²) in [5.41, 5.74) is 2.39. The van der Waals surface area contributed by atoms with Crippen LogP contribution in [0.2, 0.25) is 0 Å². The van der Waals surface area contributed by atoms with Gasteiger partial charge in [-0.2, -0.15) is 0 Å². The third-order valence-electron chi connectivity index (χ3n) is 4.78. The molecule has 1 unspecified atom stereocenters. The Morgan fingerprint density at radius 2 is 1.78 bits per heavy atom. The lowest BCUT2D eigenvalue weighted by molar-refractivity contribution is -0.114. The van der Waals surface area contributed by atoms with E-state index >= 15 is 0 Å². The Bertz CT molecular complexity index is 1200. The minimum atomic E-state index is -0.350. The van der Waals surface area contributed by atoms with Crippen LogP contribution < -0.4 is 5.32 Å². The van der Waals surface area contributed by atoms with Crippen LogP contribution in [0, 0.1) is 0 Å². The van der Waals surface area contributed by atoms with Crippen LogP contribution >= 0.6 is 23.1 Å². The highest BCUT2D eigenvalue weighted by molar-refractivity contribution is 8.00. The van der Waals surface area contributed by atoms with Crippen molar-refractivity contribution in [3.8, 4) is 10.7 Å². The summed E-state index contributed by atoms with van der Waals surface area (Å²) in [5, 5.41) is 13.9. The molecular weight excluding hydrogens is 440 g/mol. The lowest BCUT2D eigenvalue weighted by Gasteiger charge is -2.13. The van der Waals surface area contributed by atoms with Crippen LogP contribution in [-0.2, 0) is 11.3 Å². The maximum atomic E-state index is 13.0. The normalized spacial score (nSPS) is 11.8. The molecule has 2 aromatic heterocycles. The quantitative estimate of drug-likeness (QED) is 0.281. The number of amides is 1. The number of nitrogens with one attached hydrogen (secondary N) is 1. The molecule has 0 aliphatic rings. The zero-order chi connectivity index (χ0) is 22.5. The van der Waals surface area contributed by atoms with Crippen LogP contribution in [0.15, 0.2) is 77.3 Å². The van der Waals surface area contributed by atoms with Crippen molar-refractivity contribution in [2.45, 2.75) is 30.8 Å². The van der Waals surface area contributed by atoms with Gasteiger partial charge in [-0.15, -0.1) is 21.5 Å². The van der Waals surface area contributed by atoms with Crippen LogP contribution in [0.3, 0.4) is 0 Å². The molecule has 0 aliphatic carbocycles. The third-order valence-corrected chi connectivity index (χ3v) is 6.73. The summed E-state index contributed by atoms with van der Waals surface area (Å²) in [6.45, 7) is 3.95. The van der Waals surface area contributed by atoms with Gasteiger partial charge < -0.3 is 5.32 Å². The highest BCUT2D eigenvalue weighted by atomic mass is 32.2. The number of anilines is 1. The minimum Gasteiger partial charge on any atom is -0.326 e. The lowest BCUT2D eigenvalue weighted by Crippen LogP contribution is -2.15. The number of hydrogen-bond acceptors (Lipinski definition) is 6. The Hall–Kier alpha value is -3.23. The van der Waals surface area contributed by atoms with Gasteiger partial charge in [0.15, 0.2) is 16.8 Å². The predicted molar refractivity (Wildman–Crippen MR) is 129 cm³/mol. The van der Waals surface area contributed by atoms with Crippen molar-refractivity contribution < 1.29 is 9.59 Å². The molecule has 0 spiro atoms. The highest BCUT2D eigenvalue weighted by Crippen LogP contribution is 2.31. The molecule has 2 heterocycles. The average Bonchev–Trinajstić information content (AvgIpc) is 3.45. The average molecular weight is 463 g/mol. The van der Waals surface area contributed by atoms with E-state index in [9.17, 15) is 9.59 Å². The van der Waals surface area contributed by atoms with E-state index in [1.165, 1.54) is 18.7 Å². The fourth-order valence-corrected chi connectivity index (χ4v) is 4.88. The fourth-order valence-electron chi connectivity index (χ4n) is 3.24. The molecule has 8 heteroatoms. The standard InChI is InChI=1S/C24H22N4O2S2/c1-16(22(30)19-10-12-20(13-11-19)25-17(2)29)32-24-27-26-23(21-9-6-14-31-21)28(24)15-18-7-4-3-5-8-18/h3-14,16H,15H2,1-2H3,(H,25,29). The molecule has 2 aromatic carbocycles. The number of carbonyl (C=O) groups excluding carboxylic acids is 2. The molecule has 4 rings (SSSR count). The monoisotopic (exact) mass is 462 g/mol. The molecule has 4 aromatic rings. The molecule has 0 aliphatic heterocycles. The number of carbonyl (C=O) groups is 2. The number of thiophene rings is 1. The van der Waals surface area contributed by atoms with Gasteiger partial charge in [-0.05, 0) is 48.2 Å². The van der Waals surface area contributed by atoms with E-state index < -0.39 is 0 Å². The van der Waals surface area contributed by atoms with Gasteiger partial charge in [0.1, 0.15) is 0 Å². The molecule has 32 heavy (non-hydrogen) atoms. The Labute approximate surface area is 194 Å². The molecule has 1 amide bonds. The van der Waals surface area contributed by atoms with Gasteiger partial charge in [-0.1, -0.05) is 48.2 Å². The summed E-state index contributed by atoms with van der Waals surface area (Å²) in [6.07, 6.45) is 0. The van der Waals surface area contributed by atoms with Crippen LogP contribution in [0.5, 0.6) is 0 Å². The van der Waals surface area contributed by atoms with Gasteiger partial charge >= 0.3 is 0 Å². The van der Waals surface area contributed by atoms with Crippen LogP contribution in [-0.4, -0.2) is 31.7 Å². The summed E-state index contributed by atoms with van der Waals surface area (Å²) >= 11 is 3.01. The second kappa shape index (κ2) is 9.93. The molecule has 0 saturated heterocycles. The first-order valence-electron chi connectivity index (χ1n) is 10.1. The summed E-state index contributed by atoms with van der Waals surface area (Å²) in [5.74, 6) is 0.647. The van der Waals surface area contributed by atoms with Gasteiger partial charge in [0.25, 0.3) is 0 Å². The third kappa shape index (κ3) is 5.15. The number of rotatable bonds is 8. The number of hydrogen-bond donors (Lipinski definition) is 1. The number of Topliss-reactive ketones (excluding diaryl/α,β-unsaturated/α-hetero) is 1. The molecule has 162 valence electrons. The number of benzene rings is 2. The Balaban J connectivity index is 1.56. The van der Waals surface area contributed by atoms with Crippen LogP contribution in [0.1, 0.15) is 29.8 Å². The second-order valence-electron chi connectivity index (χ2n) is 7.24. The Morgan fingerprint density at radius 3 is 2.44 bits per heavy atom. The van der Waals surface area contributed by atoms with Crippen molar-refractivity contribution in [3.63, 3.8) is 0 Å². The van der Waals surface area contributed by atoms with E-state index in [2.05, 4.69) is 32.2 Å². The maximum Gasteiger partial charge on any atom is 0.221 e. The SMILES string of the molecule is CC(=O)Nc1ccc(C(=O)C(C)Sc2nnc(-c3cccs3)n2Cc2ccccc2)cc1. The van der Waals surface area contributed by atoms with E-state index in [0.29, 0.717) is 23.0 Å². The van der Waals surface area contributed by atoms with E-state index in [0.717, 1.165) is 16.3 Å². The smallest absolute Gasteiger partial charge is 0.221 e. The topological polar surface area (TPSA) is 76.9 Å². The van der Waals surface area contributed by atoms with E-state index in [1.54, 1.807) is 35.6 Å². The molecule has 0 fully saturated rings. The summed E-state index contributed by atoms with van der Waals surface area (Å²) in [4.78, 5) is 25.3. The first kappa shape index (κ1) is 22.0. The number of aromatic nitrogens is 3. The van der Waals surface area contributed by atoms with Crippen molar-refractivity contribution in [3.05, 3.63) is 83.2 Å². The molecular formula is C24H22N4O2S2. The minimum absolute atomic E-state index is 0.00342. The first-order chi connectivity index (χ1) is 15.5. The fraction of sp³-hybridized carbons (Fsp3) is 0.167. The largest absolute Gasteiger partial charge is 0.326 e. The van der Waals surface area contributed by atoms with Crippen molar-refractivity contribution in [1.82, 2.24) is 14.8 Å². The Kier molecular flexibility index (Phi) is 6.82. The molecule has 0 radical (unpaired) electrons. The van der Waals surface area contributed by atoms with Crippen LogP contribution in [0.25, 0.3) is 10.7 Å². The first-order valence-corrected chi connectivity index (χ1v) is 11.9.